The van der Waals surface area contributed by atoms with Crippen LogP contribution in [0.25, 0.3) is 55.1 Å². The average Bonchev–Trinajstić information content (AvgIpc) is 1.70. The van der Waals surface area contributed by atoms with Gasteiger partial charge >= 0.3 is 259 Å². The number of ether oxygens (including phenoxy) is 1. The minimum absolute atomic E-state index is 0.0301. The Morgan fingerprint density at radius 1 is 0.552 bits per heavy atom. The van der Waals surface area contributed by atoms with Gasteiger partial charge in [-0.1, -0.05) is 24.3 Å². The van der Waals surface area contributed by atoms with E-state index in [0.29, 0.717) is 60.4 Å². The number of carboxylic acid groups (broad SMARTS) is 1. The number of ketones is 2. The number of fused-ring (bicyclic) bond motifs is 4. The molecule has 7 N–H and O–H groups in total. The zero-order valence-electron chi connectivity index (χ0n) is 47.4. The quantitative estimate of drug-likeness (QED) is 0.0211. The van der Waals surface area contributed by atoms with Gasteiger partial charge in [-0.2, -0.15) is 0 Å². The van der Waals surface area contributed by atoms with E-state index in [4.69, 9.17) is 18.9 Å². The van der Waals surface area contributed by atoms with Crippen molar-refractivity contribution in [3.8, 4) is 22.3 Å². The van der Waals surface area contributed by atoms with Crippen molar-refractivity contribution in [3.63, 3.8) is 0 Å². The summed E-state index contributed by atoms with van der Waals surface area (Å²) in [7, 11) is -4.70. The Hall–Kier alpha value is -10.2. The number of benzene rings is 4. The number of pyridine rings is 2. The Kier molecular flexibility index (Phi) is 16.5. The number of rotatable bonds is 20. The van der Waals surface area contributed by atoms with E-state index in [2.05, 4.69) is 20.6 Å². The molecule has 87 heavy (non-hydrogen) atoms. The van der Waals surface area contributed by atoms with Gasteiger partial charge in [0.05, 0.1) is 21.8 Å². The van der Waals surface area contributed by atoms with Crippen LogP contribution < -0.4 is 33.1 Å². The van der Waals surface area contributed by atoms with E-state index in [0.717, 1.165) is 4.57 Å². The van der Waals surface area contributed by atoms with Gasteiger partial charge in [0.1, 0.15) is 18.7 Å². The number of carbonyl (C=O) groups excluding carboxylic acids is 5. The van der Waals surface area contributed by atoms with Crippen LogP contribution in [0.5, 0.6) is 0 Å². The average molecular weight is 1200 g/mol. The SMILES string of the molecule is Cc1c(-c2ccc(C(=O)NCCO[PH](O)(O)OCCNC(=O)c3ccc(-c4c(C)c(C(=O)c5ccc6c(=O)n(CC(=O)OC(C)(C)C)c(=O)[nH]c6c5)n5ccccc45)cc3)cc2)c2ccccn2c1C(=O)c1ccc2c(=O)n(CC(=O)O)c(=O)[nH]c2c1. The number of H-pyrrole nitrogens is 2. The number of aromatic nitrogens is 6. The summed E-state index contributed by atoms with van der Waals surface area (Å²) in [5, 5.41) is 14.6. The molecule has 0 saturated carbocycles. The van der Waals surface area contributed by atoms with Gasteiger partial charge in [-0.25, -0.2) is 18.7 Å². The number of carbonyl (C=O) groups is 6. The molecule has 0 saturated heterocycles. The first-order valence-corrected chi connectivity index (χ1v) is 28.9. The maximum atomic E-state index is 14.3. The third kappa shape index (κ3) is 12.3. The van der Waals surface area contributed by atoms with Crippen LogP contribution in [-0.4, -0.2) is 110 Å². The van der Waals surface area contributed by atoms with Gasteiger partial charge in [-0.15, -0.1) is 0 Å². The molecule has 25 heteroatoms. The van der Waals surface area contributed by atoms with Crippen molar-refractivity contribution < 1.29 is 57.4 Å². The molecule has 0 atom stereocenters. The van der Waals surface area contributed by atoms with E-state index < -0.39 is 84.7 Å². The standard InChI is InChI=1S/C62H57N8O16P/c1-34-50(46-10-6-8-26-67(46)52(34)54(74)40-20-22-42-44(30-40)65-60(80)69(58(42)78)32-48(71)72)36-12-16-38(17-13-36)56(76)63-24-28-84-87(82,83)85-29-25-64-57(77)39-18-14-37(15-19-39)51-35(2)53(68-27-9-7-11-47(51)68)55(75)41-21-23-43-45(31-41)66-61(81)70(59(43)79)33-49(73)86-62(3,4)5/h6-23,26-27,30-31,82-83,87H,24-25,28-29,32-33H2,1-5H3,(H,63,76)(H,64,77)(H,65,80)(H,66,81)(H,71,72). The molecule has 0 radical (unpaired) electrons. The van der Waals surface area contributed by atoms with Crippen LogP contribution in [0.3, 0.4) is 0 Å². The van der Waals surface area contributed by atoms with Gasteiger partial charge in [0, 0.05) is 23.5 Å². The summed E-state index contributed by atoms with van der Waals surface area (Å²) in [5.74, 6) is -3.92. The van der Waals surface area contributed by atoms with Crippen molar-refractivity contribution in [3.05, 3.63) is 220 Å². The molecule has 0 bridgehead atoms. The van der Waals surface area contributed by atoms with Gasteiger partial charge in [0.25, 0.3) is 11.1 Å². The first-order chi connectivity index (χ1) is 41.4. The molecule has 6 heterocycles. The molecule has 446 valence electrons. The number of nitrogens with zero attached hydrogens (tertiary/aromatic N) is 4. The second-order valence-corrected chi connectivity index (χ2v) is 23.0. The summed E-state index contributed by atoms with van der Waals surface area (Å²) in [6.45, 7) is 6.23. The van der Waals surface area contributed by atoms with Gasteiger partial charge in [0.2, 0.25) is 11.6 Å². The maximum absolute atomic E-state index is 14.3. The molecule has 0 unspecified atom stereocenters. The Morgan fingerprint density at radius 3 is 1.36 bits per heavy atom. The summed E-state index contributed by atoms with van der Waals surface area (Å²) in [6, 6.07) is 32.6. The number of aromatic amines is 2. The van der Waals surface area contributed by atoms with E-state index in [9.17, 15) is 57.7 Å². The van der Waals surface area contributed by atoms with Gasteiger partial charge in [-0.05, 0) is 57.2 Å². The fourth-order valence-corrected chi connectivity index (χ4v) is 11.3. The number of carboxylic acids is 1. The molecule has 10 rings (SSSR count). The van der Waals surface area contributed by atoms with Crippen LogP contribution in [-0.2, 0) is 36.5 Å². The molecule has 0 spiro atoms. The summed E-state index contributed by atoms with van der Waals surface area (Å²) in [4.78, 5) is 156. The minimum Gasteiger partial charge on any atom is -0.480 e. The number of nitrogens with one attached hydrogen (secondary N) is 4. The van der Waals surface area contributed by atoms with Gasteiger partial charge < -0.3 is 19.8 Å². The number of hydrogen-bond acceptors (Lipinski definition) is 15. The third-order valence-electron chi connectivity index (χ3n) is 14.3. The van der Waals surface area contributed by atoms with Gasteiger partial charge in [-0.3, -0.25) is 28.8 Å². The Bertz CT molecular complexity index is 4720. The zero-order valence-corrected chi connectivity index (χ0v) is 48.4. The van der Waals surface area contributed by atoms with Crippen LogP contribution in [0.4, 0.5) is 0 Å². The second kappa shape index (κ2) is 24.0. The Balaban J connectivity index is 0.715. The smallest absolute Gasteiger partial charge is 0.480 e. The summed E-state index contributed by atoms with van der Waals surface area (Å²) >= 11 is 0. The van der Waals surface area contributed by atoms with Crippen LogP contribution in [0, 0.1) is 13.8 Å². The molecule has 0 aliphatic heterocycles. The van der Waals surface area contributed by atoms with Crippen molar-refractivity contribution in [1.82, 2.24) is 38.5 Å². The monoisotopic (exact) mass is 1200 g/mol. The van der Waals surface area contributed by atoms with E-state index in [-0.39, 0.29) is 70.4 Å². The van der Waals surface area contributed by atoms with Crippen LogP contribution in [0.15, 0.2) is 153 Å². The molecule has 0 aliphatic rings. The van der Waals surface area contributed by atoms with E-state index >= 15 is 0 Å². The van der Waals surface area contributed by atoms with Crippen molar-refractivity contribution in [1.29, 1.82) is 0 Å². The number of amides is 2. The molecular formula is C62H57N8O16P. The fraction of sp³-hybridized carbons (Fsp3) is 0.194. The van der Waals surface area contributed by atoms with E-state index in [1.165, 1.54) is 36.4 Å². The number of hydrogen-bond donors (Lipinski definition) is 7. The van der Waals surface area contributed by atoms with E-state index in [1.54, 1.807) is 116 Å². The molecule has 10 aromatic rings. The van der Waals surface area contributed by atoms with Gasteiger partial charge in [0.15, 0.2) is 0 Å². The van der Waals surface area contributed by atoms with Crippen molar-refractivity contribution in [2.24, 2.45) is 0 Å². The summed E-state index contributed by atoms with van der Waals surface area (Å²) < 4.78 is 20.4. The molecule has 24 nitrogen and oxygen atoms in total. The topological polar surface area (TPSA) is 333 Å². The first-order valence-electron chi connectivity index (χ1n) is 27.2. The van der Waals surface area contributed by atoms with Crippen molar-refractivity contribution >= 4 is 76.3 Å². The normalized spacial score (nSPS) is 12.0. The molecule has 6 aromatic heterocycles. The molecule has 2 amide bonds. The predicted octanol–water partition coefficient (Wildman–Crippen LogP) is 5.63. The predicted molar refractivity (Wildman–Crippen MR) is 322 cm³/mol. The summed E-state index contributed by atoms with van der Waals surface area (Å²) in [6.07, 6.45) is 3.46. The number of esters is 1. The van der Waals surface area contributed by atoms with Crippen molar-refractivity contribution in [2.45, 2.75) is 53.3 Å². The van der Waals surface area contributed by atoms with Crippen molar-refractivity contribution in [2.75, 3.05) is 26.3 Å². The van der Waals surface area contributed by atoms with Crippen LogP contribution in [0.1, 0.15) is 84.7 Å². The Morgan fingerprint density at radius 2 is 0.954 bits per heavy atom. The molecule has 0 aliphatic carbocycles. The summed E-state index contributed by atoms with van der Waals surface area (Å²) in [5.41, 5.74) is 2.96. The van der Waals surface area contributed by atoms with E-state index in [1.807, 2.05) is 24.3 Å². The molecular weight excluding hydrogens is 1140 g/mol. The first kappa shape index (κ1) is 59.9. The van der Waals surface area contributed by atoms with Crippen LogP contribution >= 0.6 is 8.17 Å². The Labute approximate surface area is 492 Å². The third-order valence-corrected chi connectivity index (χ3v) is 15.5. The van der Waals surface area contributed by atoms with Crippen LogP contribution in [0.2, 0.25) is 0 Å². The minimum atomic E-state index is -4.70. The fourth-order valence-electron chi connectivity index (χ4n) is 10.5. The second-order valence-electron chi connectivity index (χ2n) is 21.3. The zero-order chi connectivity index (χ0) is 62.2. The molecule has 0 fully saturated rings. The molecule has 4 aromatic carbocycles. The number of aliphatic carboxylic acids is 1.